The van der Waals surface area contributed by atoms with E-state index in [-0.39, 0.29) is 0 Å². The molecule has 0 saturated carbocycles. The zero-order valence-corrected chi connectivity index (χ0v) is 16.0. The SMILES string of the molecule is CC1CC(Cl)=CC=C1c1ncn(CCc2ccccc2)c1-c1ccncn1. The molecule has 2 heterocycles. The first-order valence-electron chi connectivity index (χ1n) is 9.14. The van der Waals surface area contributed by atoms with Crippen LogP contribution in [-0.4, -0.2) is 19.5 Å². The van der Waals surface area contributed by atoms with Gasteiger partial charge >= 0.3 is 0 Å². The van der Waals surface area contributed by atoms with Gasteiger partial charge in [-0.25, -0.2) is 15.0 Å². The lowest BCUT2D eigenvalue weighted by Crippen LogP contribution is -2.07. The second kappa shape index (κ2) is 7.89. The molecule has 0 amide bonds. The number of halogens is 1. The molecule has 1 aromatic carbocycles. The summed E-state index contributed by atoms with van der Waals surface area (Å²) in [4.78, 5) is 13.3. The van der Waals surface area contributed by atoms with Crippen LogP contribution in [-0.2, 0) is 13.0 Å². The quantitative estimate of drug-likeness (QED) is 0.620. The molecule has 27 heavy (non-hydrogen) atoms. The van der Waals surface area contributed by atoms with E-state index < -0.39 is 0 Å². The molecule has 5 heteroatoms. The van der Waals surface area contributed by atoms with E-state index >= 15 is 0 Å². The van der Waals surface area contributed by atoms with Crippen LogP contribution < -0.4 is 0 Å². The maximum absolute atomic E-state index is 6.21. The van der Waals surface area contributed by atoms with Gasteiger partial charge in [-0.3, -0.25) is 0 Å². The third kappa shape index (κ3) is 3.86. The fourth-order valence-electron chi connectivity index (χ4n) is 3.48. The molecule has 4 rings (SSSR count). The zero-order valence-electron chi connectivity index (χ0n) is 15.2. The van der Waals surface area contributed by atoms with Gasteiger partial charge in [0.25, 0.3) is 0 Å². The summed E-state index contributed by atoms with van der Waals surface area (Å²) in [6.07, 6.45) is 11.1. The number of aryl methyl sites for hydroxylation is 2. The van der Waals surface area contributed by atoms with Crippen LogP contribution in [0, 0.1) is 5.92 Å². The topological polar surface area (TPSA) is 43.6 Å². The van der Waals surface area contributed by atoms with Crippen molar-refractivity contribution in [3.8, 4) is 11.4 Å². The molecule has 0 aliphatic heterocycles. The molecular formula is C22H21ClN4. The Balaban J connectivity index is 1.73. The molecule has 1 atom stereocenters. The summed E-state index contributed by atoms with van der Waals surface area (Å²) in [5, 5.41) is 0.887. The second-order valence-electron chi connectivity index (χ2n) is 6.81. The average molecular weight is 377 g/mol. The Hall–Kier alpha value is -2.72. The predicted octanol–water partition coefficient (Wildman–Crippen LogP) is 5.13. The van der Waals surface area contributed by atoms with Crippen molar-refractivity contribution in [1.82, 2.24) is 19.5 Å². The van der Waals surface area contributed by atoms with Crippen molar-refractivity contribution in [2.45, 2.75) is 26.3 Å². The normalized spacial score (nSPS) is 16.7. The number of imidazole rings is 1. The first-order valence-corrected chi connectivity index (χ1v) is 9.52. The van der Waals surface area contributed by atoms with E-state index in [1.54, 1.807) is 12.5 Å². The van der Waals surface area contributed by atoms with Crippen LogP contribution in [0.2, 0.25) is 0 Å². The second-order valence-corrected chi connectivity index (χ2v) is 7.29. The number of benzene rings is 1. The van der Waals surface area contributed by atoms with Crippen molar-refractivity contribution in [2.24, 2.45) is 5.92 Å². The van der Waals surface area contributed by atoms with Crippen molar-refractivity contribution in [3.63, 3.8) is 0 Å². The Morgan fingerprint density at radius 1 is 1.11 bits per heavy atom. The third-order valence-corrected chi connectivity index (χ3v) is 5.18. The monoisotopic (exact) mass is 376 g/mol. The highest BCUT2D eigenvalue weighted by Gasteiger charge is 2.23. The molecule has 0 radical (unpaired) electrons. The van der Waals surface area contributed by atoms with E-state index in [1.807, 2.05) is 24.5 Å². The maximum atomic E-state index is 6.21. The molecule has 136 valence electrons. The Morgan fingerprint density at radius 3 is 2.70 bits per heavy atom. The van der Waals surface area contributed by atoms with Crippen LogP contribution in [0.5, 0.6) is 0 Å². The molecule has 1 aliphatic rings. The lowest BCUT2D eigenvalue weighted by atomic mass is 9.89. The molecule has 2 aromatic heterocycles. The summed E-state index contributed by atoms with van der Waals surface area (Å²) >= 11 is 6.21. The van der Waals surface area contributed by atoms with Gasteiger partial charge in [0, 0.05) is 17.8 Å². The first kappa shape index (κ1) is 17.7. The van der Waals surface area contributed by atoms with Crippen molar-refractivity contribution >= 4 is 17.2 Å². The van der Waals surface area contributed by atoms with Crippen LogP contribution >= 0.6 is 11.6 Å². The van der Waals surface area contributed by atoms with Crippen molar-refractivity contribution in [1.29, 1.82) is 0 Å². The molecule has 0 spiro atoms. The highest BCUT2D eigenvalue weighted by molar-refractivity contribution is 6.30. The summed E-state index contributed by atoms with van der Waals surface area (Å²) in [5.74, 6) is 0.320. The van der Waals surface area contributed by atoms with Crippen LogP contribution in [0.15, 0.2) is 72.4 Å². The number of rotatable bonds is 5. The van der Waals surface area contributed by atoms with Gasteiger partial charge in [-0.1, -0.05) is 54.9 Å². The summed E-state index contributed by atoms with van der Waals surface area (Å²) < 4.78 is 2.19. The number of nitrogens with zero attached hydrogens (tertiary/aromatic N) is 4. The molecule has 0 bridgehead atoms. The standard InChI is InChI=1S/C22H21ClN4/c1-16-13-18(23)7-8-19(16)21-22(20-9-11-24-14-25-20)27(15-26-21)12-10-17-5-3-2-4-6-17/h2-9,11,14-16H,10,12-13H2,1H3. The van der Waals surface area contributed by atoms with Gasteiger partial charge in [-0.2, -0.15) is 0 Å². The Labute approximate surface area is 164 Å². The molecule has 0 N–H and O–H groups in total. The molecule has 0 saturated heterocycles. The van der Waals surface area contributed by atoms with Crippen LogP contribution in [0.25, 0.3) is 17.0 Å². The molecule has 1 aliphatic carbocycles. The highest BCUT2D eigenvalue weighted by Crippen LogP contribution is 2.37. The zero-order chi connectivity index (χ0) is 18.6. The minimum absolute atomic E-state index is 0.320. The fraction of sp³-hybridized carbons (Fsp3) is 0.227. The first-order chi connectivity index (χ1) is 13.2. The van der Waals surface area contributed by atoms with Gasteiger partial charge < -0.3 is 4.57 Å². The Kier molecular flexibility index (Phi) is 5.16. The molecular weight excluding hydrogens is 356 g/mol. The summed E-state index contributed by atoms with van der Waals surface area (Å²) in [7, 11) is 0. The van der Waals surface area contributed by atoms with Gasteiger partial charge in [-0.05, 0) is 42.0 Å². The minimum atomic E-state index is 0.320. The van der Waals surface area contributed by atoms with Gasteiger partial charge in [0.1, 0.15) is 6.33 Å². The van der Waals surface area contributed by atoms with E-state index in [0.29, 0.717) is 5.92 Å². The summed E-state index contributed by atoms with van der Waals surface area (Å²) in [5.41, 5.74) is 5.42. The van der Waals surface area contributed by atoms with Gasteiger partial charge in [-0.15, -0.1) is 0 Å². The summed E-state index contributed by atoms with van der Waals surface area (Å²) in [6, 6.07) is 12.4. The van der Waals surface area contributed by atoms with Crippen LogP contribution in [0.3, 0.4) is 0 Å². The van der Waals surface area contributed by atoms with E-state index in [0.717, 1.165) is 41.5 Å². The van der Waals surface area contributed by atoms with Gasteiger partial charge in [0.2, 0.25) is 0 Å². The third-order valence-electron chi connectivity index (χ3n) is 4.90. The van der Waals surface area contributed by atoms with E-state index in [9.17, 15) is 0 Å². The van der Waals surface area contributed by atoms with E-state index in [4.69, 9.17) is 16.6 Å². The van der Waals surface area contributed by atoms with Crippen molar-refractivity contribution in [2.75, 3.05) is 0 Å². The Bertz CT molecular complexity index is 974. The van der Waals surface area contributed by atoms with E-state index in [2.05, 4.69) is 51.8 Å². The maximum Gasteiger partial charge on any atom is 0.116 e. The number of hydrogen-bond acceptors (Lipinski definition) is 3. The molecule has 3 aromatic rings. The minimum Gasteiger partial charge on any atom is -0.328 e. The van der Waals surface area contributed by atoms with Crippen molar-refractivity contribution < 1.29 is 0 Å². The number of hydrogen-bond donors (Lipinski definition) is 0. The smallest absolute Gasteiger partial charge is 0.116 e. The van der Waals surface area contributed by atoms with Gasteiger partial charge in [0.05, 0.1) is 23.4 Å². The Morgan fingerprint density at radius 2 is 1.96 bits per heavy atom. The van der Waals surface area contributed by atoms with Crippen molar-refractivity contribution in [3.05, 3.63) is 83.7 Å². The van der Waals surface area contributed by atoms with E-state index in [1.165, 1.54) is 11.1 Å². The molecule has 4 nitrogen and oxygen atoms in total. The molecule has 1 unspecified atom stereocenters. The number of aromatic nitrogens is 4. The average Bonchev–Trinajstić information content (AvgIpc) is 3.11. The predicted molar refractivity (Wildman–Crippen MR) is 109 cm³/mol. The summed E-state index contributed by atoms with van der Waals surface area (Å²) in [6.45, 7) is 3.03. The highest BCUT2D eigenvalue weighted by atomic mass is 35.5. The fourth-order valence-corrected chi connectivity index (χ4v) is 3.78. The largest absolute Gasteiger partial charge is 0.328 e. The van der Waals surface area contributed by atoms with Crippen LogP contribution in [0.1, 0.15) is 24.6 Å². The lowest BCUT2D eigenvalue weighted by molar-refractivity contribution is 0.699. The van der Waals surface area contributed by atoms with Crippen LogP contribution in [0.4, 0.5) is 0 Å². The molecule has 0 fully saturated rings. The lowest BCUT2D eigenvalue weighted by Gasteiger charge is -2.19. The van der Waals surface area contributed by atoms with Gasteiger partial charge in [0.15, 0.2) is 0 Å². The number of allylic oxidation sites excluding steroid dienone is 4.